The van der Waals surface area contributed by atoms with Crippen molar-refractivity contribution in [2.24, 2.45) is 16.7 Å². The number of anilines is 1. The fourth-order valence-corrected chi connectivity index (χ4v) is 16.2. The maximum absolute atomic E-state index is 15.9. The number of nitrogens with zero attached hydrogens (tertiary/aromatic N) is 1. The molecule has 4 aromatic carbocycles. The number of phosphoric acid groups is 1. The molecule has 1 unspecified atom stereocenters. The lowest BCUT2D eigenvalue weighted by molar-refractivity contribution is -0.870. The average Bonchev–Trinajstić information content (AvgIpc) is 0.669. The number of nitrogens with one attached hydrogen (secondary N) is 2. The molecule has 4 N–H and O–H groups in total. The number of unbranched alkanes of at least 4 members (excludes halogenated alkanes) is 16. The lowest BCUT2D eigenvalue weighted by atomic mass is 9.44. The zero-order valence-electron chi connectivity index (χ0n) is 63.7. The summed E-state index contributed by atoms with van der Waals surface area (Å²) in [6.07, 6.45) is 7.50. The molecule has 12 atom stereocenters. The van der Waals surface area contributed by atoms with Crippen LogP contribution in [0.2, 0.25) is 0 Å². The van der Waals surface area contributed by atoms with E-state index in [4.69, 9.17) is 42.2 Å². The van der Waals surface area contributed by atoms with Crippen LogP contribution < -0.4 is 15.5 Å². The van der Waals surface area contributed by atoms with E-state index in [1.54, 1.807) is 92.7 Å². The average molecular weight is 1510 g/mol. The lowest BCUT2D eigenvalue weighted by Gasteiger charge is -2.67. The summed E-state index contributed by atoms with van der Waals surface area (Å²) in [6, 6.07) is 30.3. The second-order valence-corrected chi connectivity index (χ2v) is 32.2. The third-order valence-corrected chi connectivity index (χ3v) is 22.6. The van der Waals surface area contributed by atoms with Crippen molar-refractivity contribution in [3.63, 3.8) is 0 Å². The highest BCUT2D eigenvalue weighted by Crippen LogP contribution is 2.64. The number of ether oxygens (including phenoxy) is 7. The molecule has 4 aliphatic rings. The van der Waals surface area contributed by atoms with Crippen LogP contribution in [-0.2, 0) is 77.2 Å². The number of esters is 4. The van der Waals surface area contributed by atoms with Crippen molar-refractivity contribution in [3.05, 3.63) is 149 Å². The number of benzene rings is 4. The van der Waals surface area contributed by atoms with E-state index in [1.807, 2.05) is 45.4 Å². The summed E-state index contributed by atoms with van der Waals surface area (Å²) in [4.78, 5) is 126. The van der Waals surface area contributed by atoms with Crippen LogP contribution in [0.1, 0.15) is 214 Å². The first-order chi connectivity index (χ1) is 50.9. The number of carbonyl (C=O) groups is 8. The fraction of sp³-hybridized carbons (Fsp3) is 0.585. The SMILES string of the molecule is CC(=O)O[C@H]1C(=O)[C@@]2(C)[C@H]([C@H](OC(=O)c3ccccc3)[C@]3(O)C[C@H](OC(=O)[C@H](OC(=O)OCCCCC(=O)Nc4ccc(CCCCCCCCCCCCCCCCCCOP(=O)([O-])OCC[N+](C)(C)C)cc4)[C@@H](NC(=O)c4ccccc4)c4ccccc4)C(C)=C1C3(C)C)[C@]1(OC(C)=O)CO[C@@H]1C[C@@H]2O. The molecule has 25 heteroatoms. The summed E-state index contributed by atoms with van der Waals surface area (Å²) in [7, 11) is 1.69. The molecule has 4 aromatic rings. The van der Waals surface area contributed by atoms with Crippen molar-refractivity contribution in [2.45, 2.75) is 237 Å². The molecule has 3 fully saturated rings. The van der Waals surface area contributed by atoms with E-state index in [0.717, 1.165) is 52.4 Å². The number of aliphatic hydroxyl groups is 2. The molecule has 1 saturated heterocycles. The van der Waals surface area contributed by atoms with Crippen molar-refractivity contribution in [3.8, 4) is 0 Å². The molecule has 3 aliphatic carbocycles. The number of likely N-dealkylation sites (N-methyl/N-ethyl adjacent to an activating group) is 1. The number of hydrogen-bond donors (Lipinski definition) is 4. The minimum Gasteiger partial charge on any atom is -0.756 e. The third-order valence-electron chi connectivity index (χ3n) is 21.6. The van der Waals surface area contributed by atoms with Crippen LogP contribution in [0.4, 0.5) is 10.5 Å². The van der Waals surface area contributed by atoms with E-state index in [9.17, 15) is 48.4 Å². The molecule has 0 radical (unpaired) electrons. The first-order valence-electron chi connectivity index (χ1n) is 38.0. The second-order valence-electron chi connectivity index (χ2n) is 30.8. The number of fused-ring (bicyclic) bond motifs is 5. The molecule has 2 bridgehead atoms. The monoisotopic (exact) mass is 1510 g/mol. The zero-order chi connectivity index (χ0) is 77.6. The topological polar surface area (TPSA) is 324 Å². The van der Waals surface area contributed by atoms with Gasteiger partial charge in [0.2, 0.25) is 12.0 Å². The molecule has 0 spiro atoms. The smallest absolute Gasteiger partial charge is 0.509 e. The van der Waals surface area contributed by atoms with Crippen LogP contribution in [0.5, 0.6) is 0 Å². The molecule has 24 nitrogen and oxygen atoms in total. The highest BCUT2D eigenvalue weighted by atomic mass is 31.2. The van der Waals surface area contributed by atoms with Gasteiger partial charge in [-0.2, -0.15) is 0 Å². The van der Waals surface area contributed by atoms with Crippen molar-refractivity contribution in [1.82, 2.24) is 5.32 Å². The Kier molecular flexibility index (Phi) is 31.0. The number of amides is 2. The van der Waals surface area contributed by atoms with E-state index >= 15 is 9.59 Å². The van der Waals surface area contributed by atoms with E-state index in [0.29, 0.717) is 29.6 Å². The number of phosphoric ester groups is 1. The number of quaternary nitrogens is 1. The van der Waals surface area contributed by atoms with Gasteiger partial charge in [-0.15, -0.1) is 0 Å². The second kappa shape index (κ2) is 39.1. The summed E-state index contributed by atoms with van der Waals surface area (Å²) < 4.78 is 65.1. The van der Waals surface area contributed by atoms with Crippen molar-refractivity contribution >= 4 is 61.1 Å². The Labute approximate surface area is 629 Å². The number of Topliss-reactive ketones (excluding diaryl/α,β-unsaturated/α-hetero) is 1. The Balaban J connectivity index is 0.852. The molecular weight excluding hydrogens is 1390 g/mol. The number of carbonyl (C=O) groups excluding carboxylic acids is 8. The Morgan fingerprint density at radius 1 is 0.673 bits per heavy atom. The first kappa shape index (κ1) is 84.9. The number of rotatable bonds is 41. The Morgan fingerprint density at radius 2 is 1.21 bits per heavy atom. The third kappa shape index (κ3) is 22.7. The molecule has 107 heavy (non-hydrogen) atoms. The van der Waals surface area contributed by atoms with Crippen LogP contribution in [0.15, 0.2) is 126 Å². The van der Waals surface area contributed by atoms with Crippen LogP contribution in [0, 0.1) is 16.7 Å². The normalized spacial score (nSPS) is 24.1. The van der Waals surface area contributed by atoms with Gasteiger partial charge in [0.15, 0.2) is 17.5 Å². The Morgan fingerprint density at radius 3 is 1.77 bits per heavy atom. The summed E-state index contributed by atoms with van der Waals surface area (Å²) in [5.41, 5.74) is -5.95. The standard InChI is InChI=1S/C82H112N3O21P/c1-56-64(54-82(95)74(105-76(92)62-42-32-26-33-43-62)72-80(6,65(88)53-66-81(72,55-99-66)106-58(3)87)73(90)70(102-57(2)86)68(56)79(82,4)5)103-77(93)71(69(60-38-28-24-29-39-60)84-75(91)61-40-30-25-31-41-61)104-78(94)98-50-36-34-44-67(89)83-63-47-45-59(46-48-63)37-27-22-20-18-16-14-12-10-11-13-15-17-19-21-23-35-51-100-107(96,97)101-52-49-85(7,8)9/h24-26,28-33,38-43,45-48,64-66,69-72,74,88,95H,10-23,27,34-37,44,49-55H2,1-9H3,(H2-,83,84,89,91,96,97)/t64-,65-,66+,69-,70+,71+,72-,74-,80+,81-,82+/m0/s1. The summed E-state index contributed by atoms with van der Waals surface area (Å²) >= 11 is 0. The predicted octanol–water partition coefficient (Wildman–Crippen LogP) is 12.7. The maximum Gasteiger partial charge on any atom is 0.509 e. The van der Waals surface area contributed by atoms with Crippen LogP contribution in [0.3, 0.4) is 0 Å². The first-order valence-corrected chi connectivity index (χ1v) is 39.5. The number of ketones is 1. The molecule has 1 heterocycles. The van der Waals surface area contributed by atoms with E-state index in [2.05, 4.69) is 10.6 Å². The van der Waals surface area contributed by atoms with Gasteiger partial charge in [-0.3, -0.25) is 28.5 Å². The zero-order valence-corrected chi connectivity index (χ0v) is 64.6. The van der Waals surface area contributed by atoms with Crippen molar-refractivity contribution in [1.29, 1.82) is 0 Å². The van der Waals surface area contributed by atoms with Gasteiger partial charge in [0.05, 0.1) is 64.0 Å². The van der Waals surface area contributed by atoms with E-state index in [1.165, 1.54) is 95.8 Å². The fourth-order valence-electron chi connectivity index (χ4n) is 15.5. The van der Waals surface area contributed by atoms with E-state index in [-0.39, 0.29) is 79.4 Å². The van der Waals surface area contributed by atoms with Gasteiger partial charge in [0.1, 0.15) is 43.1 Å². The molecular formula is C82H112N3O21P. The molecule has 586 valence electrons. The van der Waals surface area contributed by atoms with Gasteiger partial charge in [0.25, 0.3) is 13.7 Å². The molecule has 2 amide bonds. The van der Waals surface area contributed by atoms with Gasteiger partial charge in [-0.05, 0) is 105 Å². The maximum atomic E-state index is 15.9. The Bertz CT molecular complexity index is 3700. The van der Waals surface area contributed by atoms with Gasteiger partial charge in [-0.1, -0.05) is 183 Å². The summed E-state index contributed by atoms with van der Waals surface area (Å²) in [6.45, 7) is 8.42. The molecule has 1 aliphatic heterocycles. The van der Waals surface area contributed by atoms with E-state index < -0.39 is 127 Å². The van der Waals surface area contributed by atoms with Crippen LogP contribution >= 0.6 is 7.82 Å². The Hall–Kier alpha value is -7.67. The van der Waals surface area contributed by atoms with Gasteiger partial charge in [0, 0.05) is 49.8 Å². The van der Waals surface area contributed by atoms with Gasteiger partial charge < -0.3 is 72.4 Å². The molecule has 2 saturated carbocycles. The van der Waals surface area contributed by atoms with Crippen LogP contribution in [0.25, 0.3) is 0 Å². The van der Waals surface area contributed by atoms with Gasteiger partial charge in [-0.25, -0.2) is 14.4 Å². The quantitative estimate of drug-likeness (QED) is 0.00801. The molecule has 0 aromatic heterocycles. The summed E-state index contributed by atoms with van der Waals surface area (Å²) in [5.74, 6) is -7.52. The highest BCUT2D eigenvalue weighted by Gasteiger charge is 2.78. The highest BCUT2D eigenvalue weighted by molar-refractivity contribution is 7.45. The number of aryl methyl sites for hydroxylation is 1. The molecule has 8 rings (SSSR count). The lowest BCUT2D eigenvalue weighted by Crippen LogP contribution is -2.82. The summed E-state index contributed by atoms with van der Waals surface area (Å²) in [5, 5.41) is 32.2. The minimum atomic E-state index is -4.23. The van der Waals surface area contributed by atoms with Crippen molar-refractivity contribution < 1.29 is 105 Å². The van der Waals surface area contributed by atoms with Crippen molar-refractivity contribution in [2.75, 3.05) is 59.4 Å². The number of hydrogen-bond acceptors (Lipinski definition) is 21. The predicted molar refractivity (Wildman–Crippen MR) is 397 cm³/mol. The largest absolute Gasteiger partial charge is 0.756 e. The van der Waals surface area contributed by atoms with Gasteiger partial charge >= 0.3 is 30.0 Å². The van der Waals surface area contributed by atoms with Crippen LogP contribution in [-0.4, -0.2) is 164 Å². The minimum absolute atomic E-state index is 0.0259. The number of aliphatic hydroxyl groups excluding tert-OH is 1.